The van der Waals surface area contributed by atoms with Gasteiger partial charge in [0, 0.05) is 13.6 Å². The minimum absolute atomic E-state index is 0.140. The fourth-order valence-electron chi connectivity index (χ4n) is 1.70. The highest BCUT2D eigenvalue weighted by Gasteiger charge is 2.32. The number of rotatable bonds is 6. The monoisotopic (exact) mass is 278 g/mol. The lowest BCUT2D eigenvalue weighted by Gasteiger charge is -2.26. The van der Waals surface area contributed by atoms with Crippen molar-refractivity contribution in [3.8, 4) is 5.75 Å². The molecule has 0 aromatic carbocycles. The zero-order chi connectivity index (χ0) is 14.5. The lowest BCUT2D eigenvalue weighted by molar-refractivity contribution is -0.119. The molecule has 0 spiro atoms. The lowest BCUT2D eigenvalue weighted by atomic mass is 10.3. The van der Waals surface area contributed by atoms with Crippen LogP contribution in [0, 0.1) is 0 Å². The number of hydrogen-bond acceptors (Lipinski definition) is 5. The third-order valence-corrected chi connectivity index (χ3v) is 2.39. The van der Waals surface area contributed by atoms with Gasteiger partial charge in [-0.05, 0) is 6.42 Å². The first-order valence-electron chi connectivity index (χ1n) is 5.81. The summed E-state index contributed by atoms with van der Waals surface area (Å²) in [6, 6.07) is 0. The lowest BCUT2D eigenvalue weighted by Crippen LogP contribution is -2.35. The minimum atomic E-state index is -4.30. The van der Waals surface area contributed by atoms with Crippen LogP contribution >= 0.6 is 0 Å². The molecule has 1 aromatic rings. The second-order valence-electron chi connectivity index (χ2n) is 3.87. The summed E-state index contributed by atoms with van der Waals surface area (Å²) < 4.78 is 42.9. The van der Waals surface area contributed by atoms with Crippen molar-refractivity contribution in [2.45, 2.75) is 19.5 Å². The summed E-state index contributed by atoms with van der Waals surface area (Å²) in [5.41, 5.74) is 0. The van der Waals surface area contributed by atoms with Crippen molar-refractivity contribution in [2.75, 3.05) is 37.5 Å². The quantitative estimate of drug-likeness (QED) is 0.865. The standard InChI is InChI=1S/C11H17F3N4O/c1-4-5-18(6-11(12,13)14)10-8(19-3)9(15-2)16-7-17-10/h7H,4-6H2,1-3H3,(H,15,16,17). The Balaban J connectivity index is 3.14. The number of halogens is 3. The summed E-state index contributed by atoms with van der Waals surface area (Å²) in [5.74, 6) is 0.708. The fourth-order valence-corrected chi connectivity index (χ4v) is 1.70. The number of aromatic nitrogens is 2. The van der Waals surface area contributed by atoms with E-state index in [1.807, 2.05) is 0 Å². The van der Waals surface area contributed by atoms with Gasteiger partial charge in [-0.1, -0.05) is 6.92 Å². The van der Waals surface area contributed by atoms with E-state index in [0.29, 0.717) is 12.2 Å². The zero-order valence-electron chi connectivity index (χ0n) is 11.1. The Morgan fingerprint density at radius 2 is 2.05 bits per heavy atom. The van der Waals surface area contributed by atoms with Crippen LogP contribution in [0.3, 0.4) is 0 Å². The summed E-state index contributed by atoms with van der Waals surface area (Å²) in [6.45, 7) is 0.962. The van der Waals surface area contributed by atoms with Crippen LogP contribution in [0.15, 0.2) is 6.33 Å². The normalized spacial score (nSPS) is 11.3. The number of hydrogen-bond donors (Lipinski definition) is 1. The van der Waals surface area contributed by atoms with E-state index < -0.39 is 12.7 Å². The zero-order valence-corrected chi connectivity index (χ0v) is 11.1. The molecule has 108 valence electrons. The topological polar surface area (TPSA) is 50.3 Å². The third-order valence-electron chi connectivity index (χ3n) is 2.39. The molecule has 8 heteroatoms. The minimum Gasteiger partial charge on any atom is -0.490 e. The predicted molar refractivity (Wildman–Crippen MR) is 66.7 cm³/mol. The molecule has 0 atom stereocenters. The van der Waals surface area contributed by atoms with E-state index in [9.17, 15) is 13.2 Å². The van der Waals surface area contributed by atoms with Gasteiger partial charge in [-0.15, -0.1) is 0 Å². The molecule has 1 rings (SSSR count). The summed E-state index contributed by atoms with van der Waals surface area (Å²) in [6.07, 6.45) is -2.52. The number of alkyl halides is 3. The van der Waals surface area contributed by atoms with Gasteiger partial charge in [0.2, 0.25) is 5.75 Å². The smallest absolute Gasteiger partial charge is 0.405 e. The van der Waals surface area contributed by atoms with Gasteiger partial charge in [0.05, 0.1) is 7.11 Å². The Labute approximate surface area is 109 Å². The third kappa shape index (κ3) is 4.15. The van der Waals surface area contributed by atoms with Gasteiger partial charge in [0.15, 0.2) is 11.6 Å². The first kappa shape index (κ1) is 15.3. The average molecular weight is 278 g/mol. The van der Waals surface area contributed by atoms with Crippen LogP contribution in [0.1, 0.15) is 13.3 Å². The van der Waals surface area contributed by atoms with E-state index in [2.05, 4.69) is 15.3 Å². The van der Waals surface area contributed by atoms with Crippen molar-refractivity contribution in [3.05, 3.63) is 6.33 Å². The van der Waals surface area contributed by atoms with Crippen molar-refractivity contribution in [1.82, 2.24) is 9.97 Å². The van der Waals surface area contributed by atoms with Gasteiger partial charge < -0.3 is 15.0 Å². The molecular weight excluding hydrogens is 261 g/mol. The molecule has 0 amide bonds. The molecule has 5 nitrogen and oxygen atoms in total. The Morgan fingerprint density at radius 3 is 2.53 bits per heavy atom. The van der Waals surface area contributed by atoms with E-state index in [4.69, 9.17) is 4.74 Å². The maximum absolute atomic E-state index is 12.6. The van der Waals surface area contributed by atoms with Crippen molar-refractivity contribution in [2.24, 2.45) is 0 Å². The number of ether oxygens (including phenoxy) is 1. The van der Waals surface area contributed by atoms with Crippen LogP contribution in [0.4, 0.5) is 24.8 Å². The highest BCUT2D eigenvalue weighted by molar-refractivity contribution is 5.64. The Bertz CT molecular complexity index is 411. The van der Waals surface area contributed by atoms with Gasteiger partial charge >= 0.3 is 6.18 Å². The second kappa shape index (κ2) is 6.44. The van der Waals surface area contributed by atoms with Gasteiger partial charge in [-0.2, -0.15) is 13.2 Å². The van der Waals surface area contributed by atoms with Crippen molar-refractivity contribution in [3.63, 3.8) is 0 Å². The van der Waals surface area contributed by atoms with Crippen LogP contribution in [0.25, 0.3) is 0 Å². The summed E-state index contributed by atoms with van der Waals surface area (Å²) in [4.78, 5) is 8.96. The van der Waals surface area contributed by atoms with Crippen LogP contribution < -0.4 is 15.0 Å². The maximum atomic E-state index is 12.6. The summed E-state index contributed by atoms with van der Waals surface area (Å²) in [7, 11) is 2.99. The molecule has 0 radical (unpaired) electrons. The largest absolute Gasteiger partial charge is 0.490 e. The highest BCUT2D eigenvalue weighted by atomic mass is 19.4. The summed E-state index contributed by atoms with van der Waals surface area (Å²) >= 11 is 0. The molecule has 0 aliphatic carbocycles. The van der Waals surface area contributed by atoms with Crippen molar-refractivity contribution < 1.29 is 17.9 Å². The molecule has 0 bridgehead atoms. The van der Waals surface area contributed by atoms with E-state index in [-0.39, 0.29) is 18.1 Å². The highest BCUT2D eigenvalue weighted by Crippen LogP contribution is 2.33. The molecule has 0 saturated carbocycles. The van der Waals surface area contributed by atoms with E-state index in [1.54, 1.807) is 14.0 Å². The number of nitrogens with zero attached hydrogens (tertiary/aromatic N) is 3. The number of nitrogens with one attached hydrogen (secondary N) is 1. The molecule has 1 N–H and O–H groups in total. The molecular formula is C11H17F3N4O. The van der Waals surface area contributed by atoms with Crippen molar-refractivity contribution in [1.29, 1.82) is 0 Å². The van der Waals surface area contributed by atoms with Crippen molar-refractivity contribution >= 4 is 11.6 Å². The van der Waals surface area contributed by atoms with Gasteiger partial charge in [0.1, 0.15) is 12.9 Å². The Hall–Kier alpha value is -1.73. The van der Waals surface area contributed by atoms with Crippen LogP contribution in [0.2, 0.25) is 0 Å². The Morgan fingerprint density at radius 1 is 1.37 bits per heavy atom. The average Bonchev–Trinajstić information content (AvgIpc) is 2.35. The molecule has 1 aromatic heterocycles. The molecule has 0 saturated heterocycles. The Kier molecular flexibility index (Phi) is 5.20. The van der Waals surface area contributed by atoms with E-state index >= 15 is 0 Å². The van der Waals surface area contributed by atoms with Gasteiger partial charge in [-0.3, -0.25) is 0 Å². The molecule has 19 heavy (non-hydrogen) atoms. The predicted octanol–water partition coefficient (Wildman–Crippen LogP) is 2.31. The number of anilines is 2. The van der Waals surface area contributed by atoms with Gasteiger partial charge in [-0.25, -0.2) is 9.97 Å². The molecule has 1 heterocycles. The maximum Gasteiger partial charge on any atom is 0.405 e. The fraction of sp³-hybridized carbons (Fsp3) is 0.636. The molecule has 0 aliphatic heterocycles. The first-order chi connectivity index (χ1) is 8.92. The summed E-state index contributed by atoms with van der Waals surface area (Å²) in [5, 5.41) is 2.76. The van der Waals surface area contributed by atoms with E-state index in [1.165, 1.54) is 13.4 Å². The second-order valence-corrected chi connectivity index (χ2v) is 3.87. The van der Waals surface area contributed by atoms with Crippen LogP contribution in [0.5, 0.6) is 5.75 Å². The first-order valence-corrected chi connectivity index (χ1v) is 5.81. The molecule has 0 fully saturated rings. The number of methoxy groups -OCH3 is 1. The van der Waals surface area contributed by atoms with Gasteiger partial charge in [0.25, 0.3) is 0 Å². The molecule has 0 unspecified atom stereocenters. The van der Waals surface area contributed by atoms with E-state index in [0.717, 1.165) is 4.90 Å². The SMILES string of the molecule is CCCN(CC(F)(F)F)c1ncnc(NC)c1OC. The van der Waals surface area contributed by atoms with Crippen LogP contribution in [-0.4, -0.2) is 43.4 Å². The van der Waals surface area contributed by atoms with Crippen LogP contribution in [-0.2, 0) is 0 Å². The molecule has 0 aliphatic rings.